The van der Waals surface area contributed by atoms with Gasteiger partial charge in [0.25, 0.3) is 11.8 Å². The van der Waals surface area contributed by atoms with E-state index >= 15 is 0 Å². The fourth-order valence-corrected chi connectivity index (χ4v) is 7.43. The van der Waals surface area contributed by atoms with Gasteiger partial charge in [0.1, 0.15) is 25.0 Å². The standard InChI is InChI=1S/C43H34N2O9/c46-39-21-22-40(47)45(39)54-41(48)38(44-42(49)51-24-36-32-13-5-1-9-28(32)29-10-2-6-14-33(29)36)23-26-17-19-27(20-18-26)53-43(50)52-25-37-34-15-7-3-11-30(34)31-12-4-8-16-35(31)37/h1-20,36-38H,21-25H2,(H,44,49)/t38-/m1/s1. The van der Waals surface area contributed by atoms with E-state index in [2.05, 4.69) is 17.4 Å². The SMILES string of the molecule is O=C(N[C@H](Cc1ccc(OC(=O)OCC2c3ccccc3-c3ccccc32)cc1)C(=O)ON1C(=O)CCC1=O)OCC1c2ccccc2-c2ccccc21. The Morgan fingerprint density at radius 1 is 0.611 bits per heavy atom. The normalized spacial score (nSPS) is 14.8. The maximum Gasteiger partial charge on any atom is 0.513 e. The molecule has 3 aliphatic rings. The van der Waals surface area contributed by atoms with E-state index in [1.807, 2.05) is 84.9 Å². The van der Waals surface area contributed by atoms with Gasteiger partial charge in [0, 0.05) is 31.1 Å². The summed E-state index contributed by atoms with van der Waals surface area (Å²) in [4.78, 5) is 68.9. The van der Waals surface area contributed by atoms with E-state index in [-0.39, 0.29) is 50.1 Å². The Kier molecular flexibility index (Phi) is 9.35. The molecule has 0 saturated carbocycles. The summed E-state index contributed by atoms with van der Waals surface area (Å²) in [7, 11) is 0. The fourth-order valence-electron chi connectivity index (χ4n) is 7.43. The van der Waals surface area contributed by atoms with Crippen LogP contribution in [-0.4, -0.2) is 54.4 Å². The summed E-state index contributed by atoms with van der Waals surface area (Å²) < 4.78 is 16.6. The quantitative estimate of drug-likeness (QED) is 0.0912. The van der Waals surface area contributed by atoms with Crippen LogP contribution in [0, 0.1) is 0 Å². The number of nitrogens with one attached hydrogen (secondary N) is 1. The van der Waals surface area contributed by atoms with E-state index in [4.69, 9.17) is 19.0 Å². The van der Waals surface area contributed by atoms with Gasteiger partial charge in [0.15, 0.2) is 0 Å². The number of rotatable bonds is 10. The number of imide groups is 1. The molecular weight excluding hydrogens is 688 g/mol. The van der Waals surface area contributed by atoms with Crippen LogP contribution in [0.3, 0.4) is 0 Å². The molecule has 1 N–H and O–H groups in total. The molecule has 1 saturated heterocycles. The number of ether oxygens (including phenoxy) is 3. The number of hydrogen-bond acceptors (Lipinski definition) is 9. The molecule has 1 aliphatic heterocycles. The first kappa shape index (κ1) is 34.3. The minimum absolute atomic E-state index is 0.00658. The Bertz CT molecular complexity index is 2180. The zero-order valence-electron chi connectivity index (χ0n) is 28.9. The van der Waals surface area contributed by atoms with Crippen LogP contribution >= 0.6 is 0 Å². The lowest BCUT2D eigenvalue weighted by Gasteiger charge is -2.21. The van der Waals surface area contributed by atoms with E-state index in [0.717, 1.165) is 44.5 Å². The summed E-state index contributed by atoms with van der Waals surface area (Å²) in [5.41, 5.74) is 9.10. The molecule has 1 atom stereocenters. The molecule has 0 spiro atoms. The van der Waals surface area contributed by atoms with Gasteiger partial charge in [-0.3, -0.25) is 9.59 Å². The van der Waals surface area contributed by atoms with E-state index in [0.29, 0.717) is 10.6 Å². The van der Waals surface area contributed by atoms with Crippen molar-refractivity contribution in [2.75, 3.05) is 13.2 Å². The first-order chi connectivity index (χ1) is 26.3. The first-order valence-electron chi connectivity index (χ1n) is 17.6. The third-order valence-electron chi connectivity index (χ3n) is 10.0. The molecule has 270 valence electrons. The van der Waals surface area contributed by atoms with Crippen molar-refractivity contribution in [1.29, 1.82) is 0 Å². The van der Waals surface area contributed by atoms with Crippen molar-refractivity contribution in [2.24, 2.45) is 0 Å². The van der Waals surface area contributed by atoms with Gasteiger partial charge >= 0.3 is 18.2 Å². The number of carbonyl (C=O) groups excluding carboxylic acids is 5. The third kappa shape index (κ3) is 6.79. The van der Waals surface area contributed by atoms with Gasteiger partial charge in [0.05, 0.1) is 0 Å². The van der Waals surface area contributed by atoms with E-state index in [1.54, 1.807) is 12.1 Å². The molecule has 11 heteroatoms. The molecule has 0 unspecified atom stereocenters. The molecule has 54 heavy (non-hydrogen) atoms. The lowest BCUT2D eigenvalue weighted by atomic mass is 9.98. The van der Waals surface area contributed by atoms with Crippen molar-refractivity contribution in [3.8, 4) is 28.0 Å². The Balaban J connectivity index is 0.912. The van der Waals surface area contributed by atoms with Crippen LogP contribution in [0.25, 0.3) is 22.3 Å². The third-order valence-corrected chi connectivity index (χ3v) is 10.0. The number of hydroxylamine groups is 2. The van der Waals surface area contributed by atoms with Gasteiger partial charge < -0.3 is 24.4 Å². The van der Waals surface area contributed by atoms with Crippen LogP contribution in [0.5, 0.6) is 5.75 Å². The number of fused-ring (bicyclic) bond motifs is 6. The highest BCUT2D eigenvalue weighted by Crippen LogP contribution is 2.45. The summed E-state index contributed by atoms with van der Waals surface area (Å²) in [5.74, 6) is -2.46. The number of carbonyl (C=O) groups is 5. The largest absolute Gasteiger partial charge is 0.513 e. The minimum atomic E-state index is -1.34. The van der Waals surface area contributed by atoms with Crippen LogP contribution in [0.2, 0.25) is 0 Å². The first-order valence-corrected chi connectivity index (χ1v) is 17.6. The number of benzene rings is 5. The fraction of sp³-hybridized carbons (Fsp3) is 0.186. The van der Waals surface area contributed by atoms with E-state index < -0.39 is 36.1 Å². The molecule has 8 rings (SSSR count). The minimum Gasteiger partial charge on any atom is -0.449 e. The molecule has 5 aromatic carbocycles. The second-order valence-corrected chi connectivity index (χ2v) is 13.3. The molecule has 0 bridgehead atoms. The summed E-state index contributed by atoms with van der Waals surface area (Å²) in [6, 6.07) is 36.8. The molecule has 1 heterocycles. The molecule has 11 nitrogen and oxygen atoms in total. The smallest absolute Gasteiger partial charge is 0.449 e. The lowest BCUT2D eigenvalue weighted by Crippen LogP contribution is -2.46. The summed E-state index contributed by atoms with van der Waals surface area (Å²) in [6.45, 7) is 0.102. The molecule has 2 aliphatic carbocycles. The van der Waals surface area contributed by atoms with Gasteiger partial charge in [-0.05, 0) is 62.2 Å². The second kappa shape index (κ2) is 14.7. The molecule has 5 aromatic rings. The highest BCUT2D eigenvalue weighted by molar-refractivity contribution is 6.02. The maximum atomic E-state index is 13.3. The van der Waals surface area contributed by atoms with Gasteiger partial charge in [-0.25, -0.2) is 14.4 Å². The van der Waals surface area contributed by atoms with Gasteiger partial charge in [-0.1, -0.05) is 109 Å². The van der Waals surface area contributed by atoms with Crippen LogP contribution in [0.4, 0.5) is 9.59 Å². The van der Waals surface area contributed by atoms with Crippen molar-refractivity contribution in [3.05, 3.63) is 149 Å². The van der Waals surface area contributed by atoms with E-state index in [9.17, 15) is 24.0 Å². The van der Waals surface area contributed by atoms with Crippen molar-refractivity contribution >= 4 is 30.0 Å². The van der Waals surface area contributed by atoms with Crippen LogP contribution in [0.1, 0.15) is 52.5 Å². The van der Waals surface area contributed by atoms with Gasteiger partial charge in [-0.2, -0.15) is 0 Å². The van der Waals surface area contributed by atoms with E-state index in [1.165, 1.54) is 12.1 Å². The predicted octanol–water partition coefficient (Wildman–Crippen LogP) is 7.07. The maximum absolute atomic E-state index is 13.3. The average molecular weight is 723 g/mol. The predicted molar refractivity (Wildman–Crippen MR) is 195 cm³/mol. The molecule has 3 amide bonds. The summed E-state index contributed by atoms with van der Waals surface area (Å²) in [6.07, 6.45) is -2.01. The Hall–Kier alpha value is -6.75. The molecule has 0 radical (unpaired) electrons. The second-order valence-electron chi connectivity index (χ2n) is 13.3. The monoisotopic (exact) mass is 722 g/mol. The van der Waals surface area contributed by atoms with Crippen molar-refractivity contribution in [3.63, 3.8) is 0 Å². The number of amides is 3. The molecule has 1 fully saturated rings. The highest BCUT2D eigenvalue weighted by atomic mass is 16.7. The highest BCUT2D eigenvalue weighted by Gasteiger charge is 2.36. The Labute approximate surface area is 310 Å². The van der Waals surface area contributed by atoms with Crippen LogP contribution < -0.4 is 10.1 Å². The zero-order chi connectivity index (χ0) is 37.2. The summed E-state index contributed by atoms with van der Waals surface area (Å²) in [5, 5.41) is 2.99. The Morgan fingerprint density at radius 3 is 1.54 bits per heavy atom. The Morgan fingerprint density at radius 2 is 1.06 bits per heavy atom. The zero-order valence-corrected chi connectivity index (χ0v) is 28.9. The van der Waals surface area contributed by atoms with Gasteiger partial charge in [-0.15, -0.1) is 5.06 Å². The lowest BCUT2D eigenvalue weighted by molar-refractivity contribution is -0.198. The van der Waals surface area contributed by atoms with Crippen molar-refractivity contribution in [1.82, 2.24) is 10.4 Å². The van der Waals surface area contributed by atoms with Crippen LogP contribution in [0.15, 0.2) is 121 Å². The number of alkyl carbamates (subject to hydrolysis) is 1. The average Bonchev–Trinajstić information content (AvgIpc) is 3.81. The van der Waals surface area contributed by atoms with Crippen LogP contribution in [-0.2, 0) is 35.1 Å². The molecule has 0 aromatic heterocycles. The number of nitrogens with zero attached hydrogens (tertiary/aromatic N) is 1. The van der Waals surface area contributed by atoms with Gasteiger partial charge in [0.2, 0.25) is 0 Å². The number of hydrogen-bond donors (Lipinski definition) is 1. The topological polar surface area (TPSA) is 138 Å². The molecular formula is C43H34N2O9. The summed E-state index contributed by atoms with van der Waals surface area (Å²) >= 11 is 0. The van der Waals surface area contributed by atoms with Crippen molar-refractivity contribution < 1.29 is 43.0 Å². The van der Waals surface area contributed by atoms with Crippen molar-refractivity contribution in [2.45, 2.75) is 37.1 Å².